The second kappa shape index (κ2) is 6.74. The van der Waals surface area contributed by atoms with Gasteiger partial charge in [0.1, 0.15) is 16.9 Å². The highest BCUT2D eigenvalue weighted by Gasteiger charge is 2.35. The lowest BCUT2D eigenvalue weighted by Crippen LogP contribution is -2.53. The van der Waals surface area contributed by atoms with E-state index in [4.69, 9.17) is 0 Å². The summed E-state index contributed by atoms with van der Waals surface area (Å²) < 4.78 is 5.09. The zero-order valence-corrected chi connectivity index (χ0v) is 17.2. The van der Waals surface area contributed by atoms with Gasteiger partial charge in [0.25, 0.3) is 5.82 Å². The topological polar surface area (TPSA) is 8.81 Å². The maximum Gasteiger partial charge on any atom is 0.290 e. The van der Waals surface area contributed by atoms with Crippen molar-refractivity contribution in [3.63, 3.8) is 0 Å². The van der Waals surface area contributed by atoms with E-state index in [2.05, 4.69) is 83.6 Å². The molecule has 1 aromatic heterocycles. The molecule has 0 aliphatic carbocycles. The molecular weight excluding hydrogens is 292 g/mol. The summed E-state index contributed by atoms with van der Waals surface area (Å²) >= 11 is 0. The Morgan fingerprint density at radius 2 is 1.50 bits per heavy atom. The predicted molar refractivity (Wildman–Crippen MR) is 104 cm³/mol. The van der Waals surface area contributed by atoms with Gasteiger partial charge in [-0.3, -0.25) is 0 Å². The average Bonchev–Trinajstić information content (AvgIpc) is 2.67. The number of unbranched alkanes of at least 4 members (excludes halogenated alkanes) is 1. The molecule has 2 rings (SSSR count). The van der Waals surface area contributed by atoms with Crippen LogP contribution in [0.2, 0.25) is 0 Å². The quantitative estimate of drug-likeness (QED) is 0.652. The van der Waals surface area contributed by atoms with Crippen LogP contribution in [0, 0.1) is 34.6 Å². The van der Waals surface area contributed by atoms with E-state index in [1.165, 1.54) is 52.3 Å². The first-order chi connectivity index (χ1) is 11.1. The fourth-order valence-electron chi connectivity index (χ4n) is 3.99. The Morgan fingerprint density at radius 3 is 1.96 bits per heavy atom. The molecule has 2 heteroatoms. The molecular formula is C22H35N2+. The van der Waals surface area contributed by atoms with E-state index < -0.39 is 0 Å². The van der Waals surface area contributed by atoms with Crippen LogP contribution in [0.5, 0.6) is 0 Å². The molecule has 0 fully saturated rings. The number of aromatic nitrogens is 2. The molecule has 24 heavy (non-hydrogen) atoms. The van der Waals surface area contributed by atoms with Gasteiger partial charge in [0.05, 0.1) is 12.1 Å². The minimum atomic E-state index is 0.0609. The Bertz CT molecular complexity index is 719. The first-order valence-corrected chi connectivity index (χ1v) is 9.30. The highest BCUT2D eigenvalue weighted by Crippen LogP contribution is 2.31. The summed E-state index contributed by atoms with van der Waals surface area (Å²) in [6, 6.07) is 4.63. The van der Waals surface area contributed by atoms with Crippen molar-refractivity contribution in [2.24, 2.45) is 0 Å². The van der Waals surface area contributed by atoms with Gasteiger partial charge in [-0.15, -0.1) is 0 Å². The van der Waals surface area contributed by atoms with Gasteiger partial charge in [-0.25, -0.2) is 9.13 Å². The average molecular weight is 328 g/mol. The van der Waals surface area contributed by atoms with E-state index in [1.54, 1.807) is 0 Å². The van der Waals surface area contributed by atoms with E-state index in [-0.39, 0.29) is 5.54 Å². The molecule has 0 saturated heterocycles. The Hall–Kier alpha value is -1.57. The van der Waals surface area contributed by atoms with Crippen molar-refractivity contribution >= 4 is 0 Å². The van der Waals surface area contributed by atoms with E-state index in [9.17, 15) is 0 Å². The summed E-state index contributed by atoms with van der Waals surface area (Å²) in [5, 5.41) is 0. The summed E-state index contributed by atoms with van der Waals surface area (Å²) in [6.45, 7) is 21.5. The van der Waals surface area contributed by atoms with Gasteiger partial charge >= 0.3 is 0 Å². The highest BCUT2D eigenvalue weighted by atomic mass is 15.2. The number of hydrogen-bond donors (Lipinski definition) is 0. The van der Waals surface area contributed by atoms with Crippen LogP contribution in [0.15, 0.2) is 12.1 Å². The number of rotatable bonds is 4. The van der Waals surface area contributed by atoms with Crippen LogP contribution in [-0.4, -0.2) is 4.57 Å². The number of nitrogens with zero attached hydrogens (tertiary/aromatic N) is 2. The van der Waals surface area contributed by atoms with Crippen LogP contribution in [0.4, 0.5) is 0 Å². The lowest BCUT2D eigenvalue weighted by Gasteiger charge is -2.21. The number of imidazole rings is 1. The first kappa shape index (κ1) is 18.8. The Morgan fingerprint density at radius 1 is 0.958 bits per heavy atom. The minimum Gasteiger partial charge on any atom is -0.227 e. The van der Waals surface area contributed by atoms with E-state index in [0.717, 1.165) is 6.54 Å². The van der Waals surface area contributed by atoms with Crippen molar-refractivity contribution in [1.82, 2.24) is 4.57 Å². The molecule has 0 bridgehead atoms. The van der Waals surface area contributed by atoms with Gasteiger partial charge in [0.2, 0.25) is 0 Å². The van der Waals surface area contributed by atoms with Crippen LogP contribution in [-0.2, 0) is 12.1 Å². The van der Waals surface area contributed by atoms with Crippen molar-refractivity contribution in [2.45, 2.75) is 87.2 Å². The Kier molecular flexibility index (Phi) is 5.27. The third kappa shape index (κ3) is 3.29. The maximum atomic E-state index is 2.55. The third-order valence-corrected chi connectivity index (χ3v) is 5.04. The smallest absolute Gasteiger partial charge is 0.227 e. The fourth-order valence-corrected chi connectivity index (χ4v) is 3.99. The van der Waals surface area contributed by atoms with Crippen LogP contribution in [0.1, 0.15) is 68.6 Å². The predicted octanol–water partition coefficient (Wildman–Crippen LogP) is 5.54. The van der Waals surface area contributed by atoms with E-state index in [1.807, 2.05) is 0 Å². The maximum absolute atomic E-state index is 2.55. The fraction of sp³-hybridized carbons (Fsp3) is 0.591. The normalized spacial score (nSPS) is 12.0. The largest absolute Gasteiger partial charge is 0.290 e. The molecule has 0 atom stereocenters. The summed E-state index contributed by atoms with van der Waals surface area (Å²) in [7, 11) is 0. The van der Waals surface area contributed by atoms with Crippen LogP contribution >= 0.6 is 0 Å². The summed E-state index contributed by atoms with van der Waals surface area (Å²) in [6.07, 6.45) is 2.44. The van der Waals surface area contributed by atoms with Gasteiger partial charge in [-0.2, -0.15) is 0 Å². The Labute approximate surface area is 148 Å². The molecule has 132 valence electrons. The minimum absolute atomic E-state index is 0.0609. The SMILES string of the molecule is CCCCn1c(C)c(C)[n+](C(C)(C)C)c1-c1c(C)cc(C)cc1C. The molecule has 2 aromatic rings. The molecule has 2 nitrogen and oxygen atoms in total. The summed E-state index contributed by atoms with van der Waals surface area (Å²) in [5.74, 6) is 1.38. The van der Waals surface area contributed by atoms with Gasteiger partial charge in [-0.1, -0.05) is 31.0 Å². The standard InChI is InChI=1S/C22H35N2/c1-10-11-12-23-18(5)19(6)24(22(7,8)9)21(23)20-16(3)13-15(2)14-17(20)4/h13-14H,10-12H2,1-9H3/q+1. The number of aryl methyl sites for hydroxylation is 3. The second-order valence-corrected chi connectivity index (χ2v) is 8.28. The zero-order valence-electron chi connectivity index (χ0n) is 17.2. The van der Waals surface area contributed by atoms with Crippen LogP contribution in [0.3, 0.4) is 0 Å². The zero-order chi connectivity index (χ0) is 18.2. The van der Waals surface area contributed by atoms with Gasteiger partial charge < -0.3 is 0 Å². The van der Waals surface area contributed by atoms with Crippen molar-refractivity contribution in [3.8, 4) is 11.4 Å². The molecule has 0 aliphatic heterocycles. The molecule has 0 spiro atoms. The summed E-state index contributed by atoms with van der Waals surface area (Å²) in [4.78, 5) is 0. The van der Waals surface area contributed by atoms with E-state index >= 15 is 0 Å². The molecule has 0 aliphatic rings. The first-order valence-electron chi connectivity index (χ1n) is 9.30. The van der Waals surface area contributed by atoms with Crippen LogP contribution in [0.25, 0.3) is 11.4 Å². The van der Waals surface area contributed by atoms with Crippen molar-refractivity contribution in [2.75, 3.05) is 0 Å². The molecule has 1 heterocycles. The lowest BCUT2D eigenvalue weighted by atomic mass is 9.97. The van der Waals surface area contributed by atoms with Gasteiger partial charge in [-0.05, 0) is 59.1 Å². The summed E-state index contributed by atoms with van der Waals surface area (Å²) in [5.41, 5.74) is 8.34. The number of benzene rings is 1. The molecule has 0 saturated carbocycles. The molecule has 0 N–H and O–H groups in total. The molecule has 0 radical (unpaired) electrons. The monoisotopic (exact) mass is 327 g/mol. The highest BCUT2D eigenvalue weighted by molar-refractivity contribution is 5.64. The van der Waals surface area contributed by atoms with Crippen molar-refractivity contribution in [3.05, 3.63) is 40.2 Å². The molecule has 0 unspecified atom stereocenters. The second-order valence-electron chi connectivity index (χ2n) is 8.28. The molecule has 1 aromatic carbocycles. The number of hydrogen-bond acceptors (Lipinski definition) is 0. The van der Waals surface area contributed by atoms with Gasteiger partial charge in [0, 0.05) is 13.8 Å². The Balaban J connectivity index is 2.88. The van der Waals surface area contributed by atoms with E-state index in [0.29, 0.717) is 0 Å². The van der Waals surface area contributed by atoms with Crippen LogP contribution < -0.4 is 4.57 Å². The lowest BCUT2D eigenvalue weighted by molar-refractivity contribution is -0.748. The third-order valence-electron chi connectivity index (χ3n) is 5.04. The van der Waals surface area contributed by atoms with Crippen molar-refractivity contribution in [1.29, 1.82) is 0 Å². The molecule has 0 amide bonds. The van der Waals surface area contributed by atoms with Gasteiger partial charge in [0.15, 0.2) is 0 Å². The van der Waals surface area contributed by atoms with Crippen molar-refractivity contribution < 1.29 is 4.57 Å².